The molecule has 0 unspecified atom stereocenters. The molecule has 6 aliphatic rings. The molecule has 0 aromatic heterocycles. The molecule has 0 bridgehead atoms. The molecular formula is C75H45NS3. The number of hydrogen-bond donors (Lipinski definition) is 0. The van der Waals surface area contributed by atoms with E-state index in [9.17, 15) is 0 Å². The van der Waals surface area contributed by atoms with Gasteiger partial charge in [0.2, 0.25) is 0 Å². The number of benzene rings is 12. The molecule has 12 aromatic rings. The van der Waals surface area contributed by atoms with Gasteiger partial charge in [0.05, 0.1) is 33.3 Å². The molecule has 3 aliphatic heterocycles. The van der Waals surface area contributed by atoms with E-state index >= 15 is 0 Å². The van der Waals surface area contributed by atoms with Crippen LogP contribution in [0.3, 0.4) is 0 Å². The summed E-state index contributed by atoms with van der Waals surface area (Å²) in [5.74, 6) is 0. The predicted octanol–water partition coefficient (Wildman–Crippen LogP) is 19.6. The van der Waals surface area contributed by atoms with E-state index in [0.29, 0.717) is 0 Å². The number of rotatable bonds is 3. The summed E-state index contributed by atoms with van der Waals surface area (Å²) in [7, 11) is 0. The van der Waals surface area contributed by atoms with Crippen LogP contribution in [0.4, 0.5) is 17.1 Å². The fraction of sp³-hybridized carbons (Fsp3) is 0.0400. The summed E-state index contributed by atoms with van der Waals surface area (Å²) in [4.78, 5) is 10.5. The quantitative estimate of drug-likeness (QED) is 0.173. The molecule has 0 saturated carbocycles. The van der Waals surface area contributed by atoms with Crippen LogP contribution in [-0.2, 0) is 16.2 Å². The third-order valence-electron chi connectivity index (χ3n) is 18.3. The minimum absolute atomic E-state index is 0.559. The lowest BCUT2D eigenvalue weighted by Crippen LogP contribution is -2.32. The van der Waals surface area contributed by atoms with Crippen molar-refractivity contribution in [3.8, 4) is 33.4 Å². The van der Waals surface area contributed by atoms with E-state index in [2.05, 4.69) is 278 Å². The maximum atomic E-state index is 2.72. The zero-order valence-corrected chi connectivity index (χ0v) is 45.1. The van der Waals surface area contributed by atoms with E-state index in [1.165, 1.54) is 130 Å². The maximum Gasteiger partial charge on any atom is 0.0736 e. The molecule has 0 radical (unpaired) electrons. The first-order valence-electron chi connectivity index (χ1n) is 27.3. The van der Waals surface area contributed by atoms with Crippen LogP contribution in [0, 0.1) is 0 Å². The van der Waals surface area contributed by atoms with Crippen molar-refractivity contribution < 1.29 is 0 Å². The van der Waals surface area contributed by atoms with Crippen molar-refractivity contribution in [3.63, 3.8) is 0 Å². The Morgan fingerprint density at radius 3 is 0.646 bits per heavy atom. The highest BCUT2D eigenvalue weighted by Gasteiger charge is 2.55. The van der Waals surface area contributed by atoms with Gasteiger partial charge >= 0.3 is 0 Å². The Hall–Kier alpha value is -8.51. The summed E-state index contributed by atoms with van der Waals surface area (Å²) in [5, 5.41) is 0. The van der Waals surface area contributed by atoms with Crippen molar-refractivity contribution in [2.75, 3.05) is 4.90 Å². The molecule has 0 N–H and O–H groups in total. The molecule has 0 saturated heterocycles. The lowest BCUT2D eigenvalue weighted by molar-refractivity contribution is 0.722. The number of fused-ring (bicyclic) bond motifs is 27. The Bertz CT molecular complexity index is 4040. The summed E-state index contributed by atoms with van der Waals surface area (Å²) in [5.41, 5.74) is 25.3. The Kier molecular flexibility index (Phi) is 9.17. The second-order valence-electron chi connectivity index (χ2n) is 21.6. The number of hydrogen-bond acceptors (Lipinski definition) is 4. The average molecular weight is 1060 g/mol. The lowest BCUT2D eigenvalue weighted by atomic mass is 9.67. The van der Waals surface area contributed by atoms with E-state index in [0.717, 1.165) is 17.1 Å². The van der Waals surface area contributed by atoms with Crippen LogP contribution in [0.15, 0.2) is 302 Å². The molecule has 0 fully saturated rings. The zero-order chi connectivity index (χ0) is 51.6. The molecule has 0 amide bonds. The van der Waals surface area contributed by atoms with Gasteiger partial charge in [-0.15, -0.1) is 0 Å². The largest absolute Gasteiger partial charge is 0.309 e. The summed E-state index contributed by atoms with van der Waals surface area (Å²) in [6.07, 6.45) is 0. The van der Waals surface area contributed by atoms with Crippen LogP contribution < -0.4 is 4.90 Å². The first kappa shape index (κ1) is 44.5. The van der Waals surface area contributed by atoms with Gasteiger partial charge in [-0.1, -0.05) is 254 Å². The van der Waals surface area contributed by atoms with Crippen LogP contribution in [0.25, 0.3) is 33.4 Å². The smallest absolute Gasteiger partial charge is 0.0736 e. The molecule has 3 heterocycles. The highest BCUT2D eigenvalue weighted by atomic mass is 32.2. The first-order valence-corrected chi connectivity index (χ1v) is 29.8. The van der Waals surface area contributed by atoms with Crippen LogP contribution in [0.2, 0.25) is 0 Å². The monoisotopic (exact) mass is 1060 g/mol. The van der Waals surface area contributed by atoms with Gasteiger partial charge in [-0.2, -0.15) is 0 Å². The van der Waals surface area contributed by atoms with Gasteiger partial charge in [-0.25, -0.2) is 0 Å². The lowest BCUT2D eigenvalue weighted by Gasteiger charge is -2.40. The van der Waals surface area contributed by atoms with Crippen molar-refractivity contribution in [1.82, 2.24) is 0 Å². The highest BCUT2D eigenvalue weighted by Crippen LogP contribution is 2.69. The van der Waals surface area contributed by atoms with Crippen molar-refractivity contribution in [2.45, 2.75) is 45.6 Å². The number of nitrogens with zero attached hydrogens (tertiary/aromatic N) is 1. The van der Waals surface area contributed by atoms with Crippen LogP contribution in [0.1, 0.15) is 66.8 Å². The van der Waals surface area contributed by atoms with E-state index in [-0.39, 0.29) is 0 Å². The van der Waals surface area contributed by atoms with E-state index < -0.39 is 16.2 Å². The highest BCUT2D eigenvalue weighted by molar-refractivity contribution is 8.00. The molecule has 79 heavy (non-hydrogen) atoms. The fourth-order valence-corrected chi connectivity index (χ4v) is 19.2. The topological polar surface area (TPSA) is 3.24 Å². The van der Waals surface area contributed by atoms with Gasteiger partial charge in [0.25, 0.3) is 0 Å². The maximum absolute atomic E-state index is 2.72. The van der Waals surface area contributed by atoms with E-state index in [1.807, 2.05) is 35.3 Å². The summed E-state index contributed by atoms with van der Waals surface area (Å²) < 4.78 is 0. The van der Waals surface area contributed by atoms with Gasteiger partial charge in [0.1, 0.15) is 0 Å². The summed E-state index contributed by atoms with van der Waals surface area (Å²) in [6, 6.07) is 105. The van der Waals surface area contributed by atoms with Gasteiger partial charge in [-0.3, -0.25) is 0 Å². The molecule has 12 aromatic carbocycles. The standard InChI is InChI=1S/C75H45NS3/c1-4-25-49-46(22-1)70-58(73(49)52-28-7-13-40-64(52)77-65-41-14-8-29-53(65)73)34-19-37-61(70)76(62-38-20-35-59-71(62)47-23-2-5-26-50(47)74(59)54-30-9-15-42-66(54)78-67-43-16-10-31-55(67)74)63-39-21-36-60-72(63)48-24-3-6-27-51(48)75(60)56-32-11-17-44-68(56)79-69-45-18-12-33-57(69)75/h1-45H. The normalized spacial score (nSPS) is 15.5. The van der Waals surface area contributed by atoms with Crippen LogP contribution in [0.5, 0.6) is 0 Å². The van der Waals surface area contributed by atoms with Crippen LogP contribution >= 0.6 is 35.3 Å². The van der Waals surface area contributed by atoms with Crippen molar-refractivity contribution in [1.29, 1.82) is 0 Å². The molecule has 4 heteroatoms. The zero-order valence-electron chi connectivity index (χ0n) is 42.7. The molecular weight excluding hydrogens is 1010 g/mol. The van der Waals surface area contributed by atoms with Crippen molar-refractivity contribution >= 4 is 52.3 Å². The molecule has 1 nitrogen and oxygen atoms in total. The molecule has 0 atom stereocenters. The average Bonchev–Trinajstić information content (AvgIpc) is 3.68. The SMILES string of the molecule is c1ccc2c(c1)Sc1ccccc1C21c2ccccc2-c2c(N(c3cccc4c3-c3ccccc3C43c4ccccc4Sc4ccccc43)c3cccc4c3-c3ccccc3C43c4ccccc4Sc4ccccc43)cccc21. The van der Waals surface area contributed by atoms with Gasteiger partial charge in [0.15, 0.2) is 0 Å². The second kappa shape index (κ2) is 16.3. The minimum Gasteiger partial charge on any atom is -0.309 e. The Morgan fingerprint density at radius 1 is 0.190 bits per heavy atom. The molecule has 368 valence electrons. The minimum atomic E-state index is -0.559. The van der Waals surface area contributed by atoms with Gasteiger partial charge in [0, 0.05) is 46.1 Å². The molecule has 3 spiro atoms. The molecule has 18 rings (SSSR count). The number of anilines is 3. The van der Waals surface area contributed by atoms with E-state index in [1.54, 1.807) is 0 Å². The Balaban J connectivity index is 1.00. The third-order valence-corrected chi connectivity index (χ3v) is 21.7. The fourth-order valence-electron chi connectivity index (χ4n) is 15.6. The van der Waals surface area contributed by atoms with Crippen molar-refractivity contribution in [3.05, 3.63) is 340 Å². The Morgan fingerprint density at radius 2 is 0.392 bits per heavy atom. The second-order valence-corrected chi connectivity index (χ2v) is 24.9. The van der Waals surface area contributed by atoms with Crippen molar-refractivity contribution in [2.24, 2.45) is 0 Å². The summed E-state index contributed by atoms with van der Waals surface area (Å²) >= 11 is 5.70. The third kappa shape index (κ3) is 5.47. The van der Waals surface area contributed by atoms with E-state index in [4.69, 9.17) is 0 Å². The first-order chi connectivity index (χ1) is 39.2. The van der Waals surface area contributed by atoms with Gasteiger partial charge in [-0.05, 0) is 138 Å². The van der Waals surface area contributed by atoms with Crippen LogP contribution in [-0.4, -0.2) is 0 Å². The predicted molar refractivity (Wildman–Crippen MR) is 325 cm³/mol. The Labute approximate surface area is 472 Å². The van der Waals surface area contributed by atoms with Gasteiger partial charge < -0.3 is 4.90 Å². The summed E-state index contributed by atoms with van der Waals surface area (Å²) in [6.45, 7) is 0. The molecule has 3 aliphatic carbocycles.